The van der Waals surface area contributed by atoms with Gasteiger partial charge >= 0.3 is 0 Å². The zero-order valence-electron chi connectivity index (χ0n) is 9.78. The zero-order valence-corrected chi connectivity index (χ0v) is 9.78. The van der Waals surface area contributed by atoms with Gasteiger partial charge in [-0.3, -0.25) is 4.68 Å². The first kappa shape index (κ1) is 11.2. The Morgan fingerprint density at radius 3 is 2.36 bits per heavy atom. The van der Waals surface area contributed by atoms with Crippen LogP contribution in [0, 0.1) is 5.92 Å². The SMILES string of the molecule is CC(C)[C@H](C)N[C@H](C)c1cnn(C)c1. The Hall–Kier alpha value is -0.830. The molecule has 1 rings (SSSR count). The molecule has 0 aliphatic rings. The Morgan fingerprint density at radius 2 is 1.93 bits per heavy atom. The van der Waals surface area contributed by atoms with E-state index in [0.29, 0.717) is 18.0 Å². The molecule has 3 heteroatoms. The molecule has 80 valence electrons. The summed E-state index contributed by atoms with van der Waals surface area (Å²) >= 11 is 0. The Morgan fingerprint density at radius 1 is 1.29 bits per heavy atom. The van der Waals surface area contributed by atoms with Crippen molar-refractivity contribution in [3.05, 3.63) is 18.0 Å². The van der Waals surface area contributed by atoms with Gasteiger partial charge in [-0.15, -0.1) is 0 Å². The van der Waals surface area contributed by atoms with Gasteiger partial charge in [0, 0.05) is 30.9 Å². The fourth-order valence-electron chi connectivity index (χ4n) is 1.35. The molecule has 0 saturated heterocycles. The topological polar surface area (TPSA) is 29.9 Å². The first-order valence-electron chi connectivity index (χ1n) is 5.25. The molecule has 3 nitrogen and oxygen atoms in total. The molecule has 0 unspecified atom stereocenters. The first-order chi connectivity index (χ1) is 6.50. The Balaban J connectivity index is 2.54. The molecule has 0 aliphatic heterocycles. The van der Waals surface area contributed by atoms with Crippen molar-refractivity contribution in [2.45, 2.75) is 39.8 Å². The van der Waals surface area contributed by atoms with Gasteiger partial charge in [0.05, 0.1) is 6.20 Å². The number of nitrogens with one attached hydrogen (secondary N) is 1. The molecule has 0 fully saturated rings. The van der Waals surface area contributed by atoms with Crippen LogP contribution in [-0.2, 0) is 7.05 Å². The highest BCUT2D eigenvalue weighted by molar-refractivity contribution is 5.09. The molecule has 0 spiro atoms. The summed E-state index contributed by atoms with van der Waals surface area (Å²) in [7, 11) is 1.95. The van der Waals surface area contributed by atoms with Crippen LogP contribution in [0.15, 0.2) is 12.4 Å². The molecule has 0 aliphatic carbocycles. The number of aryl methyl sites for hydroxylation is 1. The second-order valence-corrected chi connectivity index (χ2v) is 4.37. The normalized spacial score (nSPS) is 15.9. The lowest BCUT2D eigenvalue weighted by atomic mass is 10.0. The van der Waals surface area contributed by atoms with Crippen LogP contribution >= 0.6 is 0 Å². The molecule has 0 aromatic carbocycles. The lowest BCUT2D eigenvalue weighted by Crippen LogP contribution is -2.32. The van der Waals surface area contributed by atoms with Gasteiger partial charge in [0.1, 0.15) is 0 Å². The summed E-state index contributed by atoms with van der Waals surface area (Å²) in [5.41, 5.74) is 1.25. The van der Waals surface area contributed by atoms with Crippen LogP contribution in [0.4, 0.5) is 0 Å². The van der Waals surface area contributed by atoms with E-state index in [1.807, 2.05) is 17.9 Å². The Bertz CT molecular complexity index is 278. The molecular formula is C11H21N3. The molecule has 0 saturated carbocycles. The van der Waals surface area contributed by atoms with Gasteiger partial charge in [0.25, 0.3) is 0 Å². The average Bonchev–Trinajstić information content (AvgIpc) is 2.51. The number of nitrogens with zero attached hydrogens (tertiary/aromatic N) is 2. The third-order valence-corrected chi connectivity index (χ3v) is 2.74. The summed E-state index contributed by atoms with van der Waals surface area (Å²) in [5.74, 6) is 0.661. The fourth-order valence-corrected chi connectivity index (χ4v) is 1.35. The predicted octanol–water partition coefficient (Wildman–Crippen LogP) is 2.12. The summed E-state index contributed by atoms with van der Waals surface area (Å²) in [6.45, 7) is 8.86. The minimum atomic E-state index is 0.376. The highest BCUT2D eigenvalue weighted by atomic mass is 15.2. The molecular weight excluding hydrogens is 174 g/mol. The quantitative estimate of drug-likeness (QED) is 0.797. The average molecular weight is 195 g/mol. The number of hydrogen-bond acceptors (Lipinski definition) is 2. The van der Waals surface area contributed by atoms with Crippen LogP contribution in [-0.4, -0.2) is 15.8 Å². The van der Waals surface area contributed by atoms with E-state index in [-0.39, 0.29) is 0 Å². The van der Waals surface area contributed by atoms with E-state index in [1.165, 1.54) is 5.56 Å². The summed E-state index contributed by atoms with van der Waals surface area (Å²) in [6, 6.07) is 0.909. The van der Waals surface area contributed by atoms with Crippen LogP contribution in [0.1, 0.15) is 39.3 Å². The number of aromatic nitrogens is 2. The van der Waals surface area contributed by atoms with E-state index in [2.05, 4.69) is 44.3 Å². The van der Waals surface area contributed by atoms with E-state index in [4.69, 9.17) is 0 Å². The smallest absolute Gasteiger partial charge is 0.0537 e. The lowest BCUT2D eigenvalue weighted by molar-refractivity contribution is 0.389. The maximum absolute atomic E-state index is 4.17. The molecule has 1 heterocycles. The van der Waals surface area contributed by atoms with E-state index < -0.39 is 0 Å². The highest BCUT2D eigenvalue weighted by Crippen LogP contribution is 2.13. The van der Waals surface area contributed by atoms with Crippen molar-refractivity contribution < 1.29 is 0 Å². The van der Waals surface area contributed by atoms with E-state index in [0.717, 1.165) is 0 Å². The molecule has 2 atom stereocenters. The van der Waals surface area contributed by atoms with Crippen molar-refractivity contribution in [2.75, 3.05) is 0 Å². The lowest BCUT2D eigenvalue weighted by Gasteiger charge is -2.22. The van der Waals surface area contributed by atoms with Gasteiger partial charge in [0.2, 0.25) is 0 Å². The maximum atomic E-state index is 4.17. The highest BCUT2D eigenvalue weighted by Gasteiger charge is 2.12. The summed E-state index contributed by atoms with van der Waals surface area (Å²) in [5, 5.41) is 7.72. The van der Waals surface area contributed by atoms with Crippen LogP contribution < -0.4 is 5.32 Å². The largest absolute Gasteiger partial charge is 0.307 e. The monoisotopic (exact) mass is 195 g/mol. The standard InChI is InChI=1S/C11H21N3/c1-8(2)9(3)13-10(4)11-6-12-14(5)7-11/h6-10,13H,1-5H3/t9-,10+/m0/s1. The molecule has 0 bridgehead atoms. The van der Waals surface area contributed by atoms with E-state index in [1.54, 1.807) is 0 Å². The minimum absolute atomic E-state index is 0.376. The van der Waals surface area contributed by atoms with Crippen molar-refractivity contribution in [1.82, 2.24) is 15.1 Å². The van der Waals surface area contributed by atoms with Crippen LogP contribution in [0.2, 0.25) is 0 Å². The van der Waals surface area contributed by atoms with Gasteiger partial charge in [-0.05, 0) is 19.8 Å². The van der Waals surface area contributed by atoms with Gasteiger partial charge in [-0.25, -0.2) is 0 Å². The molecule has 0 radical (unpaired) electrons. The minimum Gasteiger partial charge on any atom is -0.307 e. The van der Waals surface area contributed by atoms with Gasteiger partial charge < -0.3 is 5.32 Å². The zero-order chi connectivity index (χ0) is 10.7. The first-order valence-corrected chi connectivity index (χ1v) is 5.25. The molecule has 1 aromatic heterocycles. The van der Waals surface area contributed by atoms with Crippen molar-refractivity contribution in [3.63, 3.8) is 0 Å². The van der Waals surface area contributed by atoms with E-state index >= 15 is 0 Å². The van der Waals surface area contributed by atoms with Crippen molar-refractivity contribution >= 4 is 0 Å². The van der Waals surface area contributed by atoms with Gasteiger partial charge in [-0.1, -0.05) is 13.8 Å². The molecule has 0 amide bonds. The summed E-state index contributed by atoms with van der Waals surface area (Å²) in [6.07, 6.45) is 3.98. The van der Waals surface area contributed by atoms with Crippen molar-refractivity contribution in [2.24, 2.45) is 13.0 Å². The molecule has 1 N–H and O–H groups in total. The van der Waals surface area contributed by atoms with E-state index in [9.17, 15) is 0 Å². The third kappa shape index (κ3) is 2.84. The second-order valence-electron chi connectivity index (χ2n) is 4.37. The second kappa shape index (κ2) is 4.60. The summed E-state index contributed by atoms with van der Waals surface area (Å²) in [4.78, 5) is 0. The van der Waals surface area contributed by atoms with Crippen LogP contribution in [0.5, 0.6) is 0 Å². The number of hydrogen-bond donors (Lipinski definition) is 1. The van der Waals surface area contributed by atoms with Crippen molar-refractivity contribution in [1.29, 1.82) is 0 Å². The summed E-state index contributed by atoms with van der Waals surface area (Å²) < 4.78 is 1.84. The van der Waals surface area contributed by atoms with Crippen LogP contribution in [0.3, 0.4) is 0 Å². The Kier molecular flexibility index (Phi) is 3.69. The third-order valence-electron chi connectivity index (χ3n) is 2.74. The number of rotatable bonds is 4. The van der Waals surface area contributed by atoms with Gasteiger partial charge in [0.15, 0.2) is 0 Å². The predicted molar refractivity (Wildman–Crippen MR) is 59.1 cm³/mol. The fraction of sp³-hybridized carbons (Fsp3) is 0.727. The van der Waals surface area contributed by atoms with Crippen LogP contribution in [0.25, 0.3) is 0 Å². The van der Waals surface area contributed by atoms with Gasteiger partial charge in [-0.2, -0.15) is 5.10 Å². The molecule has 1 aromatic rings. The molecule has 14 heavy (non-hydrogen) atoms. The van der Waals surface area contributed by atoms with Crippen molar-refractivity contribution in [3.8, 4) is 0 Å². The maximum Gasteiger partial charge on any atom is 0.0537 e. The Labute approximate surface area is 86.5 Å².